The minimum Gasteiger partial charge on any atom is -0.478 e. The predicted octanol–water partition coefficient (Wildman–Crippen LogP) is 1.08. The number of H-pyrrole nitrogens is 2. The number of hydrogen-bond donors (Lipinski definition) is 3. The Kier molecular flexibility index (Phi) is 3.91. The van der Waals surface area contributed by atoms with Crippen LogP contribution >= 0.6 is 0 Å². The van der Waals surface area contributed by atoms with Crippen molar-refractivity contribution in [2.45, 2.75) is 6.92 Å². The van der Waals surface area contributed by atoms with Crippen molar-refractivity contribution in [2.24, 2.45) is 0 Å². The summed E-state index contributed by atoms with van der Waals surface area (Å²) in [5.74, 6) is 0.552. The SMILES string of the molecule is Cc1cc(=O)c(OCC(=O)Nc2n[nH]c(-c3ccco3)n2)c[nH]1. The zero-order chi connectivity index (χ0) is 16.2. The molecule has 3 rings (SSSR count). The molecule has 9 nitrogen and oxygen atoms in total. The van der Waals surface area contributed by atoms with Crippen LogP contribution in [-0.2, 0) is 4.79 Å². The second-order valence-corrected chi connectivity index (χ2v) is 4.67. The minimum atomic E-state index is -0.491. The van der Waals surface area contributed by atoms with Gasteiger partial charge in [-0.15, -0.1) is 5.10 Å². The van der Waals surface area contributed by atoms with Crippen molar-refractivity contribution in [3.63, 3.8) is 0 Å². The van der Waals surface area contributed by atoms with E-state index in [2.05, 4.69) is 25.5 Å². The van der Waals surface area contributed by atoms with E-state index >= 15 is 0 Å². The summed E-state index contributed by atoms with van der Waals surface area (Å²) in [5, 5.41) is 8.94. The topological polar surface area (TPSA) is 126 Å². The lowest BCUT2D eigenvalue weighted by Crippen LogP contribution is -2.22. The Labute approximate surface area is 129 Å². The fourth-order valence-electron chi connectivity index (χ4n) is 1.82. The van der Waals surface area contributed by atoms with Crippen molar-refractivity contribution in [1.29, 1.82) is 0 Å². The van der Waals surface area contributed by atoms with Crippen molar-refractivity contribution < 1.29 is 13.9 Å². The number of aromatic nitrogens is 4. The number of aryl methyl sites for hydroxylation is 1. The Bertz CT molecular complexity index is 865. The zero-order valence-corrected chi connectivity index (χ0v) is 12.1. The number of carbonyl (C=O) groups excluding carboxylic acids is 1. The quantitative estimate of drug-likeness (QED) is 0.646. The normalized spacial score (nSPS) is 10.5. The summed E-state index contributed by atoms with van der Waals surface area (Å²) in [6.45, 7) is 1.41. The van der Waals surface area contributed by atoms with Crippen LogP contribution in [0.25, 0.3) is 11.6 Å². The number of hydrogen-bond acceptors (Lipinski definition) is 6. The zero-order valence-electron chi connectivity index (χ0n) is 12.1. The molecule has 3 aromatic heterocycles. The summed E-state index contributed by atoms with van der Waals surface area (Å²) in [5.41, 5.74) is 0.407. The van der Waals surface area contributed by atoms with Crippen molar-refractivity contribution in [3.8, 4) is 17.3 Å². The molecule has 0 aromatic carbocycles. The summed E-state index contributed by atoms with van der Waals surface area (Å²) in [6, 6.07) is 4.81. The number of nitrogens with zero attached hydrogens (tertiary/aromatic N) is 2. The Balaban J connectivity index is 1.58. The molecule has 0 saturated carbocycles. The van der Waals surface area contributed by atoms with Crippen LogP contribution in [0.5, 0.6) is 5.75 Å². The number of nitrogens with one attached hydrogen (secondary N) is 3. The van der Waals surface area contributed by atoms with Crippen LogP contribution in [-0.4, -0.2) is 32.7 Å². The van der Waals surface area contributed by atoms with Gasteiger partial charge in [0.15, 0.2) is 23.9 Å². The highest BCUT2D eigenvalue weighted by Crippen LogP contribution is 2.15. The molecule has 9 heteroatoms. The maximum absolute atomic E-state index is 11.8. The molecule has 23 heavy (non-hydrogen) atoms. The van der Waals surface area contributed by atoms with Crippen molar-refractivity contribution in [2.75, 3.05) is 11.9 Å². The van der Waals surface area contributed by atoms with Gasteiger partial charge in [0.05, 0.1) is 6.26 Å². The van der Waals surface area contributed by atoms with Crippen LogP contribution < -0.4 is 15.5 Å². The van der Waals surface area contributed by atoms with Gasteiger partial charge in [-0.25, -0.2) is 0 Å². The number of anilines is 1. The number of furan rings is 1. The summed E-state index contributed by atoms with van der Waals surface area (Å²) < 4.78 is 10.3. The van der Waals surface area contributed by atoms with Gasteiger partial charge in [-0.05, 0) is 19.1 Å². The van der Waals surface area contributed by atoms with E-state index in [1.54, 1.807) is 19.1 Å². The van der Waals surface area contributed by atoms with Gasteiger partial charge in [-0.1, -0.05) is 0 Å². The first-order chi connectivity index (χ1) is 11.1. The maximum Gasteiger partial charge on any atom is 0.264 e. The third-order valence-corrected chi connectivity index (χ3v) is 2.87. The molecule has 0 fully saturated rings. The fraction of sp³-hybridized carbons (Fsp3) is 0.143. The van der Waals surface area contributed by atoms with Gasteiger partial charge in [0.2, 0.25) is 11.4 Å². The van der Waals surface area contributed by atoms with Gasteiger partial charge in [0, 0.05) is 18.0 Å². The second-order valence-electron chi connectivity index (χ2n) is 4.67. The van der Waals surface area contributed by atoms with E-state index < -0.39 is 5.91 Å². The van der Waals surface area contributed by atoms with E-state index in [1.165, 1.54) is 18.5 Å². The summed E-state index contributed by atoms with van der Waals surface area (Å²) in [7, 11) is 0. The highest BCUT2D eigenvalue weighted by Gasteiger charge is 2.11. The summed E-state index contributed by atoms with van der Waals surface area (Å²) in [4.78, 5) is 30.3. The summed E-state index contributed by atoms with van der Waals surface area (Å²) >= 11 is 0. The lowest BCUT2D eigenvalue weighted by atomic mass is 10.3. The molecule has 0 aliphatic carbocycles. The number of ether oxygens (including phenoxy) is 1. The molecule has 0 bridgehead atoms. The van der Waals surface area contributed by atoms with Crippen LogP contribution in [0.1, 0.15) is 5.69 Å². The molecule has 0 radical (unpaired) electrons. The Morgan fingerprint density at radius 1 is 1.48 bits per heavy atom. The third-order valence-electron chi connectivity index (χ3n) is 2.87. The number of carbonyl (C=O) groups is 1. The number of pyridine rings is 1. The molecule has 3 heterocycles. The second kappa shape index (κ2) is 6.18. The fourth-order valence-corrected chi connectivity index (χ4v) is 1.82. The Morgan fingerprint density at radius 2 is 2.35 bits per heavy atom. The number of rotatable bonds is 5. The molecule has 0 aliphatic rings. The van der Waals surface area contributed by atoms with E-state index in [9.17, 15) is 9.59 Å². The van der Waals surface area contributed by atoms with E-state index in [0.29, 0.717) is 17.3 Å². The summed E-state index contributed by atoms with van der Waals surface area (Å²) in [6.07, 6.45) is 2.91. The molecule has 3 N–H and O–H groups in total. The smallest absolute Gasteiger partial charge is 0.264 e. The number of amides is 1. The molecule has 0 atom stereocenters. The molecule has 0 saturated heterocycles. The molecule has 118 valence electrons. The molecular formula is C14H13N5O4. The van der Waals surface area contributed by atoms with Gasteiger partial charge >= 0.3 is 0 Å². The van der Waals surface area contributed by atoms with E-state index in [0.717, 1.165) is 0 Å². The van der Waals surface area contributed by atoms with Crippen LogP contribution in [0, 0.1) is 6.92 Å². The Hall–Kier alpha value is -3.36. The van der Waals surface area contributed by atoms with Gasteiger partial charge < -0.3 is 14.1 Å². The van der Waals surface area contributed by atoms with Crippen molar-refractivity contribution in [3.05, 3.63) is 46.6 Å². The van der Waals surface area contributed by atoms with Crippen molar-refractivity contribution >= 4 is 11.9 Å². The largest absolute Gasteiger partial charge is 0.478 e. The highest BCUT2D eigenvalue weighted by atomic mass is 16.5. The highest BCUT2D eigenvalue weighted by molar-refractivity contribution is 5.90. The lowest BCUT2D eigenvalue weighted by molar-refractivity contribution is -0.118. The average Bonchev–Trinajstić information content (AvgIpc) is 3.17. The Morgan fingerprint density at radius 3 is 3.09 bits per heavy atom. The standard InChI is InChI=1S/C14H13N5O4/c1-8-5-9(20)11(6-15-8)23-7-12(21)16-14-17-13(18-19-14)10-3-2-4-22-10/h2-6H,7H2,1H3,(H,15,20)(H2,16,17,18,19,21). The first-order valence-corrected chi connectivity index (χ1v) is 6.70. The van der Waals surface area contributed by atoms with E-state index in [1.807, 2.05) is 0 Å². The molecule has 0 aliphatic heterocycles. The van der Waals surface area contributed by atoms with Crippen LogP contribution in [0.15, 0.2) is 39.9 Å². The minimum absolute atomic E-state index is 0.0667. The molecule has 0 unspecified atom stereocenters. The van der Waals surface area contributed by atoms with Crippen molar-refractivity contribution in [1.82, 2.24) is 20.2 Å². The van der Waals surface area contributed by atoms with Gasteiger partial charge in [0.1, 0.15) is 0 Å². The predicted molar refractivity (Wildman–Crippen MR) is 80.0 cm³/mol. The van der Waals surface area contributed by atoms with Crippen LogP contribution in [0.2, 0.25) is 0 Å². The van der Waals surface area contributed by atoms with E-state index in [-0.39, 0.29) is 23.7 Å². The van der Waals surface area contributed by atoms with Crippen LogP contribution in [0.4, 0.5) is 5.95 Å². The lowest BCUT2D eigenvalue weighted by Gasteiger charge is -2.04. The van der Waals surface area contributed by atoms with Gasteiger partial charge in [0.25, 0.3) is 5.91 Å². The average molecular weight is 315 g/mol. The maximum atomic E-state index is 11.8. The molecule has 3 aromatic rings. The van der Waals surface area contributed by atoms with Crippen LogP contribution in [0.3, 0.4) is 0 Å². The first kappa shape index (κ1) is 14.6. The first-order valence-electron chi connectivity index (χ1n) is 6.70. The molecule has 0 spiro atoms. The third kappa shape index (κ3) is 3.46. The van der Waals surface area contributed by atoms with E-state index in [4.69, 9.17) is 9.15 Å². The monoisotopic (exact) mass is 315 g/mol. The molecule has 1 amide bonds. The molecular weight excluding hydrogens is 302 g/mol. The van der Waals surface area contributed by atoms with Gasteiger partial charge in [-0.3, -0.25) is 20.0 Å². The number of aromatic amines is 2. The van der Waals surface area contributed by atoms with Gasteiger partial charge in [-0.2, -0.15) is 4.98 Å².